The third kappa shape index (κ3) is 4.65. The fraction of sp³-hybridized carbons (Fsp3) is 0.333. The Kier molecular flexibility index (Phi) is 5.16. The maximum Gasteiger partial charge on any atom is 0.250 e. The SMILES string of the molecule is CCC(=O)Nc1cccc(NC(=O)COC)c1. The van der Waals surface area contributed by atoms with Crippen molar-refractivity contribution in [1.29, 1.82) is 0 Å². The van der Waals surface area contributed by atoms with Crippen LogP contribution in [0.4, 0.5) is 11.4 Å². The summed E-state index contributed by atoms with van der Waals surface area (Å²) in [5.41, 5.74) is 1.29. The summed E-state index contributed by atoms with van der Waals surface area (Å²) < 4.78 is 4.71. The lowest BCUT2D eigenvalue weighted by Crippen LogP contribution is -2.17. The normalized spacial score (nSPS) is 9.76. The number of ether oxygens (including phenoxy) is 1. The molecule has 0 bridgehead atoms. The molecule has 0 atom stereocenters. The maximum atomic E-state index is 11.3. The molecule has 2 amide bonds. The molecule has 0 aliphatic carbocycles. The number of rotatable bonds is 5. The second-order valence-electron chi connectivity index (χ2n) is 3.46. The van der Waals surface area contributed by atoms with Crippen molar-refractivity contribution in [2.45, 2.75) is 13.3 Å². The van der Waals surface area contributed by atoms with E-state index in [1.165, 1.54) is 7.11 Å². The summed E-state index contributed by atoms with van der Waals surface area (Å²) in [7, 11) is 1.46. The first-order valence-corrected chi connectivity index (χ1v) is 5.34. The third-order valence-corrected chi connectivity index (χ3v) is 2.03. The average Bonchev–Trinajstić information content (AvgIpc) is 2.29. The molecule has 1 aromatic carbocycles. The number of anilines is 2. The molecule has 0 heterocycles. The van der Waals surface area contributed by atoms with Gasteiger partial charge in [-0.05, 0) is 18.2 Å². The number of carbonyl (C=O) groups excluding carboxylic acids is 2. The van der Waals surface area contributed by atoms with Crippen molar-refractivity contribution in [2.75, 3.05) is 24.4 Å². The largest absolute Gasteiger partial charge is 0.375 e. The highest BCUT2D eigenvalue weighted by atomic mass is 16.5. The Hall–Kier alpha value is -1.88. The molecule has 1 rings (SSSR count). The molecule has 2 N–H and O–H groups in total. The van der Waals surface area contributed by atoms with E-state index < -0.39 is 0 Å². The Labute approximate surface area is 100 Å². The first kappa shape index (κ1) is 13.2. The first-order chi connectivity index (χ1) is 8.15. The number of nitrogens with one attached hydrogen (secondary N) is 2. The highest BCUT2D eigenvalue weighted by Crippen LogP contribution is 2.15. The van der Waals surface area contributed by atoms with Gasteiger partial charge in [0.2, 0.25) is 11.8 Å². The second-order valence-corrected chi connectivity index (χ2v) is 3.46. The van der Waals surface area contributed by atoms with E-state index in [-0.39, 0.29) is 18.4 Å². The van der Waals surface area contributed by atoms with Gasteiger partial charge < -0.3 is 15.4 Å². The van der Waals surface area contributed by atoms with E-state index in [9.17, 15) is 9.59 Å². The molecule has 0 saturated carbocycles. The van der Waals surface area contributed by atoms with Gasteiger partial charge in [0.15, 0.2) is 0 Å². The highest BCUT2D eigenvalue weighted by Gasteiger charge is 2.03. The van der Waals surface area contributed by atoms with Gasteiger partial charge in [0.1, 0.15) is 6.61 Å². The van der Waals surface area contributed by atoms with Crippen molar-refractivity contribution < 1.29 is 14.3 Å². The molecule has 0 aliphatic heterocycles. The van der Waals surface area contributed by atoms with Crippen LogP contribution in [0, 0.1) is 0 Å². The number of carbonyl (C=O) groups is 2. The number of hydrogen-bond donors (Lipinski definition) is 2. The van der Waals surface area contributed by atoms with Crippen LogP contribution in [0.25, 0.3) is 0 Å². The van der Waals surface area contributed by atoms with Crippen molar-refractivity contribution in [3.63, 3.8) is 0 Å². The summed E-state index contributed by atoms with van der Waals surface area (Å²) in [5.74, 6) is -0.295. The van der Waals surface area contributed by atoms with Gasteiger partial charge >= 0.3 is 0 Å². The number of hydrogen-bond acceptors (Lipinski definition) is 3. The highest BCUT2D eigenvalue weighted by molar-refractivity contribution is 5.94. The van der Waals surface area contributed by atoms with Crippen LogP contribution in [-0.2, 0) is 14.3 Å². The topological polar surface area (TPSA) is 67.4 Å². The Morgan fingerprint density at radius 2 is 1.76 bits per heavy atom. The number of methoxy groups -OCH3 is 1. The Morgan fingerprint density at radius 3 is 2.29 bits per heavy atom. The smallest absolute Gasteiger partial charge is 0.250 e. The van der Waals surface area contributed by atoms with Gasteiger partial charge in [0.05, 0.1) is 0 Å². The molecule has 1 aromatic rings. The van der Waals surface area contributed by atoms with E-state index in [2.05, 4.69) is 10.6 Å². The van der Waals surface area contributed by atoms with Gasteiger partial charge in [-0.2, -0.15) is 0 Å². The van der Waals surface area contributed by atoms with E-state index in [0.29, 0.717) is 17.8 Å². The summed E-state index contributed by atoms with van der Waals surface area (Å²) in [6, 6.07) is 6.96. The van der Waals surface area contributed by atoms with Gasteiger partial charge in [-0.25, -0.2) is 0 Å². The molecule has 5 heteroatoms. The summed E-state index contributed by atoms with van der Waals surface area (Å²) in [6.45, 7) is 1.78. The van der Waals surface area contributed by atoms with Crippen LogP contribution in [0.2, 0.25) is 0 Å². The molecule has 0 radical (unpaired) electrons. The lowest BCUT2D eigenvalue weighted by Gasteiger charge is -2.07. The van der Waals surface area contributed by atoms with Crippen molar-refractivity contribution in [3.05, 3.63) is 24.3 Å². The predicted molar refractivity (Wildman–Crippen MR) is 65.9 cm³/mol. The van der Waals surface area contributed by atoms with Crippen LogP contribution in [0.3, 0.4) is 0 Å². The van der Waals surface area contributed by atoms with Crippen LogP contribution in [0.5, 0.6) is 0 Å². The summed E-state index contributed by atoms with van der Waals surface area (Å²) in [6.07, 6.45) is 0.417. The van der Waals surface area contributed by atoms with E-state index in [1.807, 2.05) is 0 Å². The molecule has 0 fully saturated rings. The molecular weight excluding hydrogens is 220 g/mol. The zero-order chi connectivity index (χ0) is 12.7. The average molecular weight is 236 g/mol. The van der Waals surface area contributed by atoms with Crippen molar-refractivity contribution >= 4 is 23.2 Å². The van der Waals surface area contributed by atoms with Gasteiger partial charge in [-0.1, -0.05) is 13.0 Å². The van der Waals surface area contributed by atoms with E-state index in [1.54, 1.807) is 31.2 Å². The monoisotopic (exact) mass is 236 g/mol. The molecule has 0 spiro atoms. The Balaban J connectivity index is 2.65. The molecule has 0 saturated heterocycles. The standard InChI is InChI=1S/C12H16N2O3/c1-3-11(15)13-9-5-4-6-10(7-9)14-12(16)8-17-2/h4-7H,3,8H2,1-2H3,(H,13,15)(H,14,16). The quantitative estimate of drug-likeness (QED) is 0.816. The molecule has 0 aromatic heterocycles. The van der Waals surface area contributed by atoms with Crippen LogP contribution in [0.1, 0.15) is 13.3 Å². The number of amides is 2. The third-order valence-electron chi connectivity index (χ3n) is 2.03. The Bertz CT molecular complexity index is 404. The minimum absolute atomic E-state index is 0.00550. The van der Waals surface area contributed by atoms with Crippen molar-refractivity contribution in [1.82, 2.24) is 0 Å². The maximum absolute atomic E-state index is 11.3. The minimum Gasteiger partial charge on any atom is -0.375 e. The van der Waals surface area contributed by atoms with Gasteiger partial charge in [-0.3, -0.25) is 9.59 Å². The zero-order valence-electron chi connectivity index (χ0n) is 9.95. The lowest BCUT2D eigenvalue weighted by atomic mass is 10.2. The molecule has 17 heavy (non-hydrogen) atoms. The summed E-state index contributed by atoms with van der Waals surface area (Å²) in [4.78, 5) is 22.5. The van der Waals surface area contributed by atoms with Crippen LogP contribution in [0.15, 0.2) is 24.3 Å². The Morgan fingerprint density at radius 1 is 1.18 bits per heavy atom. The van der Waals surface area contributed by atoms with Gasteiger partial charge in [-0.15, -0.1) is 0 Å². The van der Waals surface area contributed by atoms with Crippen LogP contribution < -0.4 is 10.6 Å². The van der Waals surface area contributed by atoms with Gasteiger partial charge in [0, 0.05) is 24.9 Å². The second kappa shape index (κ2) is 6.65. The number of benzene rings is 1. The van der Waals surface area contributed by atoms with E-state index >= 15 is 0 Å². The van der Waals surface area contributed by atoms with Crippen LogP contribution >= 0.6 is 0 Å². The van der Waals surface area contributed by atoms with Crippen molar-refractivity contribution in [2.24, 2.45) is 0 Å². The minimum atomic E-state index is -0.230. The summed E-state index contributed by atoms with van der Waals surface area (Å²) >= 11 is 0. The molecule has 0 unspecified atom stereocenters. The van der Waals surface area contributed by atoms with E-state index in [0.717, 1.165) is 0 Å². The molecule has 92 valence electrons. The first-order valence-electron chi connectivity index (χ1n) is 5.34. The van der Waals surface area contributed by atoms with E-state index in [4.69, 9.17) is 4.74 Å². The molecule has 0 aliphatic rings. The van der Waals surface area contributed by atoms with Crippen molar-refractivity contribution in [3.8, 4) is 0 Å². The zero-order valence-corrected chi connectivity index (χ0v) is 9.95. The lowest BCUT2D eigenvalue weighted by molar-refractivity contribution is -0.119. The van der Waals surface area contributed by atoms with Gasteiger partial charge in [0.25, 0.3) is 0 Å². The predicted octanol–water partition coefficient (Wildman–Crippen LogP) is 1.62. The fourth-order valence-corrected chi connectivity index (χ4v) is 1.25. The summed E-state index contributed by atoms with van der Waals surface area (Å²) in [5, 5.41) is 5.37. The molecule has 5 nitrogen and oxygen atoms in total. The molecular formula is C12H16N2O3. The fourth-order valence-electron chi connectivity index (χ4n) is 1.25. The van der Waals surface area contributed by atoms with Crippen LogP contribution in [-0.4, -0.2) is 25.5 Å².